The largest absolute Gasteiger partial charge is 0.469 e. The summed E-state index contributed by atoms with van der Waals surface area (Å²) in [5.74, 6) is 3.11. The highest BCUT2D eigenvalue weighted by Gasteiger charge is 2.05. The van der Waals surface area contributed by atoms with Gasteiger partial charge in [-0.1, -0.05) is 6.92 Å². The molecule has 0 bridgehead atoms. The van der Waals surface area contributed by atoms with Crippen LogP contribution in [0.2, 0.25) is 0 Å². The summed E-state index contributed by atoms with van der Waals surface area (Å²) in [6.07, 6.45) is 4.71. The van der Waals surface area contributed by atoms with Crippen LogP contribution in [0.3, 0.4) is 0 Å². The molecule has 0 fully saturated rings. The molecular weight excluding hydrogens is 226 g/mol. The molecule has 3 nitrogen and oxygen atoms in total. The summed E-state index contributed by atoms with van der Waals surface area (Å²) in [6.45, 7) is 5.08. The van der Waals surface area contributed by atoms with Gasteiger partial charge in [0.1, 0.15) is 17.3 Å². The van der Waals surface area contributed by atoms with E-state index in [4.69, 9.17) is 8.83 Å². The number of hydrogen-bond acceptors (Lipinski definition) is 3. The highest BCUT2D eigenvalue weighted by molar-refractivity contribution is 5.07. The van der Waals surface area contributed by atoms with Crippen molar-refractivity contribution >= 4 is 0 Å². The lowest BCUT2D eigenvalue weighted by molar-refractivity contribution is 0.415. The number of rotatable bonds is 7. The smallest absolute Gasteiger partial charge is 0.117 e. The van der Waals surface area contributed by atoms with Gasteiger partial charge in [0.2, 0.25) is 0 Å². The van der Waals surface area contributed by atoms with Crippen LogP contribution in [0.15, 0.2) is 39.4 Å². The average molecular weight is 247 g/mol. The average Bonchev–Trinajstić information content (AvgIpc) is 3.04. The molecule has 0 aliphatic heterocycles. The van der Waals surface area contributed by atoms with E-state index < -0.39 is 0 Å². The van der Waals surface area contributed by atoms with Gasteiger partial charge in [-0.2, -0.15) is 0 Å². The van der Waals surface area contributed by atoms with Crippen molar-refractivity contribution in [2.24, 2.45) is 0 Å². The van der Waals surface area contributed by atoms with E-state index in [0.717, 1.165) is 43.1 Å². The fourth-order valence-electron chi connectivity index (χ4n) is 1.90. The number of hydrogen-bond donors (Lipinski definition) is 1. The van der Waals surface area contributed by atoms with E-state index in [1.54, 1.807) is 6.26 Å². The SMILES string of the molecule is CCc1ccc(CNC(C)CCc2ccco2)o1. The van der Waals surface area contributed by atoms with Crippen LogP contribution in [-0.4, -0.2) is 6.04 Å². The molecule has 2 aromatic rings. The van der Waals surface area contributed by atoms with Crippen LogP contribution in [0.1, 0.15) is 37.5 Å². The second-order valence-corrected chi connectivity index (χ2v) is 4.62. The molecule has 0 aromatic carbocycles. The Hall–Kier alpha value is -1.48. The summed E-state index contributed by atoms with van der Waals surface area (Å²) in [6, 6.07) is 8.50. The Kier molecular flexibility index (Phi) is 4.65. The minimum Gasteiger partial charge on any atom is -0.469 e. The number of nitrogens with one attached hydrogen (secondary N) is 1. The fourth-order valence-corrected chi connectivity index (χ4v) is 1.90. The predicted octanol–water partition coefficient (Wildman–Crippen LogP) is 3.55. The van der Waals surface area contributed by atoms with Gasteiger partial charge < -0.3 is 14.2 Å². The first-order valence-electron chi connectivity index (χ1n) is 6.61. The summed E-state index contributed by atoms with van der Waals surface area (Å²) >= 11 is 0. The Balaban J connectivity index is 1.69. The molecule has 18 heavy (non-hydrogen) atoms. The maximum atomic E-state index is 5.65. The monoisotopic (exact) mass is 247 g/mol. The lowest BCUT2D eigenvalue weighted by Crippen LogP contribution is -2.25. The molecule has 0 amide bonds. The predicted molar refractivity (Wildman–Crippen MR) is 71.4 cm³/mol. The zero-order valence-electron chi connectivity index (χ0n) is 11.1. The fraction of sp³-hybridized carbons (Fsp3) is 0.467. The molecule has 0 spiro atoms. The van der Waals surface area contributed by atoms with Gasteiger partial charge in [0.15, 0.2) is 0 Å². The zero-order chi connectivity index (χ0) is 12.8. The van der Waals surface area contributed by atoms with Gasteiger partial charge in [-0.15, -0.1) is 0 Å². The van der Waals surface area contributed by atoms with Crippen molar-refractivity contribution in [1.82, 2.24) is 5.32 Å². The quantitative estimate of drug-likeness (QED) is 0.813. The van der Waals surface area contributed by atoms with Crippen LogP contribution >= 0.6 is 0 Å². The summed E-state index contributed by atoms with van der Waals surface area (Å²) in [5.41, 5.74) is 0. The molecule has 1 unspecified atom stereocenters. The van der Waals surface area contributed by atoms with Gasteiger partial charge in [-0.3, -0.25) is 0 Å². The molecule has 0 saturated carbocycles. The van der Waals surface area contributed by atoms with Crippen LogP contribution in [-0.2, 0) is 19.4 Å². The van der Waals surface area contributed by atoms with Gasteiger partial charge in [-0.25, -0.2) is 0 Å². The van der Waals surface area contributed by atoms with Crippen molar-refractivity contribution in [2.75, 3.05) is 0 Å². The zero-order valence-corrected chi connectivity index (χ0v) is 11.1. The summed E-state index contributed by atoms with van der Waals surface area (Å²) in [5, 5.41) is 3.46. The summed E-state index contributed by atoms with van der Waals surface area (Å²) in [7, 11) is 0. The van der Waals surface area contributed by atoms with Gasteiger partial charge in [0.25, 0.3) is 0 Å². The van der Waals surface area contributed by atoms with Crippen molar-refractivity contribution in [3.05, 3.63) is 47.8 Å². The number of furan rings is 2. The molecule has 2 heterocycles. The van der Waals surface area contributed by atoms with Crippen molar-refractivity contribution in [3.63, 3.8) is 0 Å². The Morgan fingerprint density at radius 3 is 2.67 bits per heavy atom. The third-order valence-corrected chi connectivity index (χ3v) is 3.09. The van der Waals surface area contributed by atoms with E-state index in [1.165, 1.54) is 0 Å². The maximum Gasteiger partial charge on any atom is 0.117 e. The second-order valence-electron chi connectivity index (χ2n) is 4.62. The third-order valence-electron chi connectivity index (χ3n) is 3.09. The van der Waals surface area contributed by atoms with Crippen molar-refractivity contribution in [3.8, 4) is 0 Å². The van der Waals surface area contributed by atoms with Gasteiger partial charge in [0, 0.05) is 18.9 Å². The summed E-state index contributed by atoms with van der Waals surface area (Å²) < 4.78 is 11.0. The van der Waals surface area contributed by atoms with Crippen LogP contribution in [0.4, 0.5) is 0 Å². The third kappa shape index (κ3) is 3.77. The highest BCUT2D eigenvalue weighted by atomic mass is 16.3. The first kappa shape index (κ1) is 13.0. The molecule has 0 radical (unpaired) electrons. The molecule has 1 N–H and O–H groups in total. The minimum atomic E-state index is 0.449. The molecule has 98 valence electrons. The standard InChI is InChI=1S/C15H21NO2/c1-3-13-8-9-15(18-13)11-16-12(2)6-7-14-5-4-10-17-14/h4-5,8-10,12,16H,3,6-7,11H2,1-2H3. The number of aryl methyl sites for hydroxylation is 2. The topological polar surface area (TPSA) is 38.3 Å². The summed E-state index contributed by atoms with van der Waals surface area (Å²) in [4.78, 5) is 0. The molecule has 3 heteroatoms. The molecule has 1 atom stereocenters. The molecular formula is C15H21NO2. The first-order valence-corrected chi connectivity index (χ1v) is 6.61. The van der Waals surface area contributed by atoms with E-state index in [-0.39, 0.29) is 0 Å². The minimum absolute atomic E-state index is 0.449. The molecule has 0 aliphatic carbocycles. The van der Waals surface area contributed by atoms with Crippen molar-refractivity contribution in [2.45, 2.75) is 45.7 Å². The van der Waals surface area contributed by atoms with Gasteiger partial charge >= 0.3 is 0 Å². The van der Waals surface area contributed by atoms with Crippen LogP contribution in [0.25, 0.3) is 0 Å². The highest BCUT2D eigenvalue weighted by Crippen LogP contribution is 2.09. The van der Waals surface area contributed by atoms with E-state index in [2.05, 4.69) is 19.2 Å². The van der Waals surface area contributed by atoms with Crippen LogP contribution in [0.5, 0.6) is 0 Å². The molecule has 0 saturated heterocycles. The lowest BCUT2D eigenvalue weighted by atomic mass is 10.1. The van der Waals surface area contributed by atoms with E-state index in [0.29, 0.717) is 6.04 Å². The van der Waals surface area contributed by atoms with E-state index in [1.807, 2.05) is 24.3 Å². The van der Waals surface area contributed by atoms with E-state index >= 15 is 0 Å². The molecule has 2 rings (SSSR count). The van der Waals surface area contributed by atoms with Crippen LogP contribution in [0, 0.1) is 0 Å². The molecule has 2 aromatic heterocycles. The van der Waals surface area contributed by atoms with Crippen molar-refractivity contribution in [1.29, 1.82) is 0 Å². The Bertz CT molecular complexity index is 445. The normalized spacial score (nSPS) is 12.8. The Morgan fingerprint density at radius 2 is 2.00 bits per heavy atom. The lowest BCUT2D eigenvalue weighted by Gasteiger charge is -2.11. The maximum absolute atomic E-state index is 5.65. The van der Waals surface area contributed by atoms with E-state index in [9.17, 15) is 0 Å². The van der Waals surface area contributed by atoms with Gasteiger partial charge in [0.05, 0.1) is 12.8 Å². The van der Waals surface area contributed by atoms with Crippen molar-refractivity contribution < 1.29 is 8.83 Å². The first-order chi connectivity index (χ1) is 8.78. The second kappa shape index (κ2) is 6.45. The Labute approximate surface area is 108 Å². The van der Waals surface area contributed by atoms with Gasteiger partial charge in [-0.05, 0) is 37.6 Å². The Morgan fingerprint density at radius 1 is 1.17 bits per heavy atom. The molecule has 0 aliphatic rings. The van der Waals surface area contributed by atoms with Crippen LogP contribution < -0.4 is 5.32 Å².